The number of aromatic nitrogens is 1. The minimum atomic E-state index is -0.488. The average molecular weight is 296 g/mol. The van der Waals surface area contributed by atoms with Gasteiger partial charge in [0.05, 0.1) is 17.6 Å². The quantitative estimate of drug-likeness (QED) is 0.756. The lowest BCUT2D eigenvalue weighted by Crippen LogP contribution is -2.32. The Morgan fingerprint density at radius 3 is 2.73 bits per heavy atom. The molecule has 0 bridgehead atoms. The molecule has 0 amide bonds. The minimum Gasteiger partial charge on any atom is -0.457 e. The van der Waals surface area contributed by atoms with Crippen LogP contribution in [-0.4, -0.2) is 30.1 Å². The number of likely N-dealkylation sites (N-methyl/N-ethyl adjacent to an activating group) is 1. The van der Waals surface area contributed by atoms with Gasteiger partial charge in [0.15, 0.2) is 0 Å². The van der Waals surface area contributed by atoms with E-state index in [9.17, 15) is 4.79 Å². The number of para-hydroxylation sites is 1. The summed E-state index contributed by atoms with van der Waals surface area (Å²) < 4.78 is 5.47. The Labute approximate surface area is 130 Å². The number of carbonyl (C=O) groups is 1. The summed E-state index contributed by atoms with van der Waals surface area (Å²) in [6.45, 7) is 6.14. The average Bonchev–Trinajstić information content (AvgIpc) is 2.43. The first kappa shape index (κ1) is 14.6. The van der Waals surface area contributed by atoms with E-state index in [1.165, 1.54) is 0 Å². The molecule has 114 valence electrons. The first-order chi connectivity index (χ1) is 10.3. The molecular formula is C18H20N2O2. The molecule has 1 aromatic carbocycles. The lowest BCUT2D eigenvalue weighted by Gasteiger charge is -2.28. The van der Waals surface area contributed by atoms with Gasteiger partial charge in [-0.25, -0.2) is 9.78 Å². The summed E-state index contributed by atoms with van der Waals surface area (Å²) in [4.78, 5) is 19.0. The van der Waals surface area contributed by atoms with Crippen molar-refractivity contribution in [3.63, 3.8) is 0 Å². The SMILES string of the molecule is CN1CC(C(=O)OC(C)(C)C)=Cc2cc3ccccc3nc21. The van der Waals surface area contributed by atoms with E-state index in [0.717, 1.165) is 22.3 Å². The highest BCUT2D eigenvalue weighted by molar-refractivity contribution is 5.98. The Morgan fingerprint density at radius 1 is 1.27 bits per heavy atom. The molecule has 0 N–H and O–H groups in total. The first-order valence-corrected chi connectivity index (χ1v) is 7.38. The number of pyridine rings is 1. The molecular weight excluding hydrogens is 276 g/mol. The number of nitrogens with zero attached hydrogens (tertiary/aromatic N) is 2. The fourth-order valence-corrected chi connectivity index (χ4v) is 2.56. The normalized spacial score (nSPS) is 14.5. The molecule has 0 aliphatic carbocycles. The summed E-state index contributed by atoms with van der Waals surface area (Å²) in [5.74, 6) is 0.629. The van der Waals surface area contributed by atoms with Crippen LogP contribution in [0.25, 0.3) is 17.0 Å². The highest BCUT2D eigenvalue weighted by atomic mass is 16.6. The van der Waals surface area contributed by atoms with E-state index < -0.39 is 5.60 Å². The molecule has 0 radical (unpaired) electrons. The highest BCUT2D eigenvalue weighted by Crippen LogP contribution is 2.30. The number of ether oxygens (including phenoxy) is 1. The van der Waals surface area contributed by atoms with Crippen molar-refractivity contribution in [3.05, 3.63) is 41.5 Å². The van der Waals surface area contributed by atoms with Crippen LogP contribution in [0.5, 0.6) is 0 Å². The number of hydrogen-bond donors (Lipinski definition) is 0. The van der Waals surface area contributed by atoms with Crippen LogP contribution in [0.1, 0.15) is 26.3 Å². The van der Waals surface area contributed by atoms with E-state index in [1.54, 1.807) is 0 Å². The number of rotatable bonds is 1. The van der Waals surface area contributed by atoms with Crippen molar-refractivity contribution in [3.8, 4) is 0 Å². The van der Waals surface area contributed by atoms with Gasteiger partial charge >= 0.3 is 5.97 Å². The zero-order valence-electron chi connectivity index (χ0n) is 13.4. The molecule has 2 aromatic rings. The molecule has 0 fully saturated rings. The molecule has 4 heteroatoms. The lowest BCUT2D eigenvalue weighted by molar-refractivity contribution is -0.149. The van der Waals surface area contributed by atoms with Gasteiger partial charge in [-0.15, -0.1) is 0 Å². The number of fused-ring (bicyclic) bond motifs is 2. The summed E-state index contributed by atoms with van der Waals surface area (Å²) in [6.07, 6.45) is 1.89. The number of carbonyl (C=O) groups excluding carboxylic acids is 1. The van der Waals surface area contributed by atoms with E-state index >= 15 is 0 Å². The Bertz CT molecular complexity index is 772. The summed E-state index contributed by atoms with van der Waals surface area (Å²) >= 11 is 0. The van der Waals surface area contributed by atoms with E-state index in [1.807, 2.05) is 63.1 Å². The van der Waals surface area contributed by atoms with Gasteiger partial charge in [0.1, 0.15) is 11.4 Å². The molecule has 1 aliphatic rings. The van der Waals surface area contributed by atoms with E-state index in [4.69, 9.17) is 9.72 Å². The van der Waals surface area contributed by atoms with Gasteiger partial charge in [0.2, 0.25) is 0 Å². The molecule has 22 heavy (non-hydrogen) atoms. The Morgan fingerprint density at radius 2 is 2.00 bits per heavy atom. The second-order valence-corrected chi connectivity index (χ2v) is 6.62. The maximum absolute atomic E-state index is 12.3. The molecule has 0 saturated carbocycles. The maximum atomic E-state index is 12.3. The topological polar surface area (TPSA) is 42.4 Å². The Balaban J connectivity index is 2.03. The van der Waals surface area contributed by atoms with Crippen molar-refractivity contribution >= 4 is 28.8 Å². The van der Waals surface area contributed by atoms with Crippen LogP contribution in [0.3, 0.4) is 0 Å². The van der Waals surface area contributed by atoms with Crippen LogP contribution in [0.2, 0.25) is 0 Å². The third-order valence-corrected chi connectivity index (χ3v) is 3.49. The molecule has 2 heterocycles. The van der Waals surface area contributed by atoms with Crippen LogP contribution in [0.15, 0.2) is 35.9 Å². The predicted octanol–water partition coefficient (Wildman–Crippen LogP) is 3.41. The van der Waals surface area contributed by atoms with Crippen molar-refractivity contribution in [2.45, 2.75) is 26.4 Å². The molecule has 1 aromatic heterocycles. The number of esters is 1. The van der Waals surface area contributed by atoms with Crippen LogP contribution < -0.4 is 4.90 Å². The summed E-state index contributed by atoms with van der Waals surface area (Å²) in [7, 11) is 1.94. The summed E-state index contributed by atoms with van der Waals surface area (Å²) in [5.41, 5.74) is 2.08. The van der Waals surface area contributed by atoms with Crippen LogP contribution in [0, 0.1) is 0 Å². The van der Waals surface area contributed by atoms with Crippen LogP contribution >= 0.6 is 0 Å². The van der Waals surface area contributed by atoms with Crippen LogP contribution in [-0.2, 0) is 9.53 Å². The third-order valence-electron chi connectivity index (χ3n) is 3.49. The molecule has 4 nitrogen and oxygen atoms in total. The highest BCUT2D eigenvalue weighted by Gasteiger charge is 2.25. The third kappa shape index (κ3) is 2.82. The zero-order chi connectivity index (χ0) is 15.9. The summed E-state index contributed by atoms with van der Waals surface area (Å²) in [5, 5.41) is 1.07. The molecule has 0 unspecified atom stereocenters. The number of anilines is 1. The molecule has 0 atom stereocenters. The predicted molar refractivity (Wildman–Crippen MR) is 88.8 cm³/mol. The fraction of sp³-hybridized carbons (Fsp3) is 0.333. The molecule has 0 saturated heterocycles. The van der Waals surface area contributed by atoms with Crippen LogP contribution in [0.4, 0.5) is 5.82 Å². The van der Waals surface area contributed by atoms with Gasteiger partial charge < -0.3 is 9.64 Å². The van der Waals surface area contributed by atoms with Crippen molar-refractivity contribution in [2.24, 2.45) is 0 Å². The van der Waals surface area contributed by atoms with E-state index in [2.05, 4.69) is 6.07 Å². The first-order valence-electron chi connectivity index (χ1n) is 7.38. The Hall–Kier alpha value is -2.36. The maximum Gasteiger partial charge on any atom is 0.336 e. The number of hydrogen-bond acceptors (Lipinski definition) is 4. The van der Waals surface area contributed by atoms with Crippen molar-refractivity contribution < 1.29 is 9.53 Å². The monoisotopic (exact) mass is 296 g/mol. The second kappa shape index (κ2) is 5.13. The minimum absolute atomic E-state index is 0.266. The van der Waals surface area contributed by atoms with Gasteiger partial charge in [0.25, 0.3) is 0 Å². The van der Waals surface area contributed by atoms with Gasteiger partial charge in [-0.2, -0.15) is 0 Å². The van der Waals surface area contributed by atoms with E-state index in [-0.39, 0.29) is 5.97 Å². The lowest BCUT2D eigenvalue weighted by atomic mass is 10.0. The fourth-order valence-electron chi connectivity index (χ4n) is 2.56. The number of benzene rings is 1. The van der Waals surface area contributed by atoms with Crippen molar-refractivity contribution in [2.75, 3.05) is 18.5 Å². The molecule has 0 spiro atoms. The molecule has 3 rings (SSSR count). The zero-order valence-corrected chi connectivity index (χ0v) is 13.4. The van der Waals surface area contributed by atoms with Gasteiger partial charge in [0, 0.05) is 18.0 Å². The Kier molecular flexibility index (Phi) is 3.39. The standard InChI is InChI=1S/C18H20N2O2/c1-18(2,3)22-17(21)14-10-13-9-12-7-5-6-8-15(12)19-16(13)20(4)11-14/h5-10H,11H2,1-4H3. The summed E-state index contributed by atoms with van der Waals surface area (Å²) in [6, 6.07) is 10.1. The molecule has 1 aliphatic heterocycles. The van der Waals surface area contributed by atoms with Gasteiger partial charge in [-0.3, -0.25) is 0 Å². The smallest absolute Gasteiger partial charge is 0.336 e. The van der Waals surface area contributed by atoms with Gasteiger partial charge in [-0.05, 0) is 39.0 Å². The van der Waals surface area contributed by atoms with E-state index in [0.29, 0.717) is 12.1 Å². The van der Waals surface area contributed by atoms with Crippen molar-refractivity contribution in [1.29, 1.82) is 0 Å². The second-order valence-electron chi connectivity index (χ2n) is 6.62. The van der Waals surface area contributed by atoms with Crippen molar-refractivity contribution in [1.82, 2.24) is 4.98 Å². The van der Waals surface area contributed by atoms with Gasteiger partial charge in [-0.1, -0.05) is 18.2 Å². The largest absolute Gasteiger partial charge is 0.457 e.